The minimum atomic E-state index is 0.905. The van der Waals surface area contributed by atoms with Gasteiger partial charge in [-0.25, -0.2) is 0 Å². The van der Waals surface area contributed by atoms with Crippen LogP contribution in [0.5, 0.6) is 0 Å². The Hall–Kier alpha value is -4.30. The van der Waals surface area contributed by atoms with Crippen LogP contribution in [0.2, 0.25) is 0 Å². The van der Waals surface area contributed by atoms with Crippen molar-refractivity contribution in [2.24, 2.45) is 0 Å². The van der Waals surface area contributed by atoms with Crippen molar-refractivity contribution in [3.8, 4) is 11.1 Å². The summed E-state index contributed by atoms with van der Waals surface area (Å²) < 4.78 is 6.17. The number of hydrogen-bond donors (Lipinski definition) is 1. The Labute approximate surface area is 199 Å². The Balaban J connectivity index is 1.33. The fraction of sp³-hybridized carbons (Fsp3) is 0.0625. The van der Waals surface area contributed by atoms with E-state index in [1.54, 1.807) is 0 Å². The Kier molecular flexibility index (Phi) is 5.33. The van der Waals surface area contributed by atoms with Gasteiger partial charge in [0, 0.05) is 27.7 Å². The molecule has 1 N–H and O–H groups in total. The molecule has 2 heteroatoms. The molecule has 0 aliphatic heterocycles. The molecule has 0 spiro atoms. The predicted octanol–water partition coefficient (Wildman–Crippen LogP) is 8.78. The number of nitrogens with one attached hydrogen (secondary N) is 1. The van der Waals surface area contributed by atoms with Crippen LogP contribution in [0, 0.1) is 0 Å². The van der Waals surface area contributed by atoms with Gasteiger partial charge in [-0.2, -0.15) is 0 Å². The van der Waals surface area contributed by atoms with Gasteiger partial charge in [0.05, 0.1) is 0 Å². The molecule has 0 fully saturated rings. The molecule has 0 aliphatic rings. The van der Waals surface area contributed by atoms with Crippen LogP contribution in [0.3, 0.4) is 0 Å². The van der Waals surface area contributed by atoms with Gasteiger partial charge in [-0.05, 0) is 59.9 Å². The molecule has 0 bridgehead atoms. The first kappa shape index (κ1) is 20.3. The molecule has 0 atom stereocenters. The topological polar surface area (TPSA) is 25.2 Å². The van der Waals surface area contributed by atoms with Crippen LogP contribution in [0.1, 0.15) is 11.1 Å². The third-order valence-electron chi connectivity index (χ3n) is 6.38. The Bertz CT molecular complexity index is 1550. The molecule has 0 radical (unpaired) electrons. The zero-order valence-electron chi connectivity index (χ0n) is 18.9. The van der Waals surface area contributed by atoms with E-state index in [9.17, 15) is 0 Å². The Morgan fingerprint density at radius 1 is 0.529 bits per heavy atom. The summed E-state index contributed by atoms with van der Waals surface area (Å²) in [6.45, 7) is 0. The molecular formula is C32H25NO. The first-order valence-electron chi connectivity index (χ1n) is 11.7. The highest BCUT2D eigenvalue weighted by atomic mass is 16.3. The summed E-state index contributed by atoms with van der Waals surface area (Å²) in [6.07, 6.45) is 2.09. The normalized spacial score (nSPS) is 11.2. The summed E-state index contributed by atoms with van der Waals surface area (Å²) in [7, 11) is 0. The smallest absolute Gasteiger partial charge is 0.136 e. The minimum Gasteiger partial charge on any atom is -0.456 e. The third kappa shape index (κ3) is 4.06. The molecule has 0 amide bonds. The summed E-state index contributed by atoms with van der Waals surface area (Å²) >= 11 is 0. The number of benzene rings is 5. The van der Waals surface area contributed by atoms with E-state index in [1.165, 1.54) is 11.1 Å². The number of aryl methyl sites for hydroxylation is 2. The van der Waals surface area contributed by atoms with E-state index in [4.69, 9.17) is 4.42 Å². The van der Waals surface area contributed by atoms with E-state index in [-0.39, 0.29) is 0 Å². The lowest BCUT2D eigenvalue weighted by molar-refractivity contribution is 0.669. The number of furan rings is 1. The summed E-state index contributed by atoms with van der Waals surface area (Å²) in [6, 6.07) is 42.5. The van der Waals surface area contributed by atoms with Crippen molar-refractivity contribution in [3.63, 3.8) is 0 Å². The summed E-state index contributed by atoms with van der Waals surface area (Å²) in [5.74, 6) is 0. The predicted molar refractivity (Wildman–Crippen MR) is 143 cm³/mol. The molecule has 0 saturated carbocycles. The minimum absolute atomic E-state index is 0.905. The zero-order chi connectivity index (χ0) is 22.7. The van der Waals surface area contributed by atoms with Crippen molar-refractivity contribution in [2.75, 3.05) is 5.32 Å². The van der Waals surface area contributed by atoms with Gasteiger partial charge >= 0.3 is 0 Å². The molecule has 6 aromatic rings. The van der Waals surface area contributed by atoms with E-state index in [0.717, 1.165) is 57.3 Å². The maximum Gasteiger partial charge on any atom is 0.136 e. The second kappa shape index (κ2) is 8.92. The van der Waals surface area contributed by atoms with E-state index < -0.39 is 0 Å². The largest absolute Gasteiger partial charge is 0.456 e. The molecule has 1 heterocycles. The first-order valence-corrected chi connectivity index (χ1v) is 11.7. The van der Waals surface area contributed by atoms with Crippen molar-refractivity contribution in [2.45, 2.75) is 12.8 Å². The summed E-state index contributed by atoms with van der Waals surface area (Å²) in [4.78, 5) is 0. The number of rotatable bonds is 6. The van der Waals surface area contributed by atoms with Crippen LogP contribution >= 0.6 is 0 Å². The van der Waals surface area contributed by atoms with Crippen molar-refractivity contribution in [1.82, 2.24) is 0 Å². The SMILES string of the molecule is c1ccc(CCc2ccc(Nc3cc4c(cc3-c3ccccc3)oc3ccccc34)cc2)cc1. The highest BCUT2D eigenvalue weighted by Gasteiger charge is 2.13. The number of para-hydroxylation sites is 1. The standard InChI is InChI=1S/C32H25NO/c1-3-9-23(10-4-1)15-16-24-17-19-26(20-18-24)33-30-21-29-27-13-7-8-14-31(27)34-32(29)22-28(30)25-11-5-2-6-12-25/h1-14,17-22,33H,15-16H2. The lowest BCUT2D eigenvalue weighted by atomic mass is 10.0. The van der Waals surface area contributed by atoms with Crippen molar-refractivity contribution in [3.05, 3.63) is 132 Å². The van der Waals surface area contributed by atoms with Gasteiger partial charge in [0.1, 0.15) is 11.2 Å². The molecule has 164 valence electrons. The summed E-state index contributed by atoms with van der Waals surface area (Å²) in [5.41, 5.74) is 8.97. The molecule has 2 nitrogen and oxygen atoms in total. The van der Waals surface area contributed by atoms with Crippen LogP contribution in [-0.2, 0) is 12.8 Å². The molecule has 0 unspecified atom stereocenters. The Morgan fingerprint density at radius 3 is 1.94 bits per heavy atom. The molecule has 5 aromatic carbocycles. The molecule has 1 aromatic heterocycles. The van der Waals surface area contributed by atoms with E-state index in [0.29, 0.717) is 0 Å². The second-order valence-corrected chi connectivity index (χ2v) is 8.67. The first-order chi connectivity index (χ1) is 16.8. The van der Waals surface area contributed by atoms with Crippen molar-refractivity contribution >= 4 is 33.3 Å². The van der Waals surface area contributed by atoms with E-state index in [2.05, 4.69) is 108 Å². The molecule has 34 heavy (non-hydrogen) atoms. The van der Waals surface area contributed by atoms with Gasteiger partial charge in [0.15, 0.2) is 0 Å². The van der Waals surface area contributed by atoms with Gasteiger partial charge in [-0.15, -0.1) is 0 Å². The van der Waals surface area contributed by atoms with Gasteiger partial charge in [-0.3, -0.25) is 0 Å². The van der Waals surface area contributed by atoms with Crippen molar-refractivity contribution < 1.29 is 4.42 Å². The molecule has 6 rings (SSSR count). The second-order valence-electron chi connectivity index (χ2n) is 8.67. The lowest BCUT2D eigenvalue weighted by Gasteiger charge is -2.14. The van der Waals surface area contributed by atoms with Crippen LogP contribution < -0.4 is 5.32 Å². The van der Waals surface area contributed by atoms with Gasteiger partial charge in [0.25, 0.3) is 0 Å². The maximum atomic E-state index is 6.17. The van der Waals surface area contributed by atoms with Gasteiger partial charge in [0.2, 0.25) is 0 Å². The number of hydrogen-bond acceptors (Lipinski definition) is 2. The average Bonchev–Trinajstić information content (AvgIpc) is 3.26. The van der Waals surface area contributed by atoms with Crippen LogP contribution in [0.4, 0.5) is 11.4 Å². The molecular weight excluding hydrogens is 414 g/mol. The lowest BCUT2D eigenvalue weighted by Crippen LogP contribution is -1.95. The molecule has 0 aliphatic carbocycles. The molecule has 0 saturated heterocycles. The van der Waals surface area contributed by atoms with E-state index in [1.807, 2.05) is 18.2 Å². The van der Waals surface area contributed by atoms with Crippen molar-refractivity contribution in [1.29, 1.82) is 0 Å². The zero-order valence-corrected chi connectivity index (χ0v) is 18.9. The average molecular weight is 440 g/mol. The fourth-order valence-corrected chi connectivity index (χ4v) is 4.57. The summed E-state index contributed by atoms with van der Waals surface area (Å²) in [5, 5.41) is 5.94. The number of anilines is 2. The van der Waals surface area contributed by atoms with E-state index >= 15 is 0 Å². The fourth-order valence-electron chi connectivity index (χ4n) is 4.57. The highest BCUT2D eigenvalue weighted by molar-refractivity contribution is 6.08. The maximum absolute atomic E-state index is 6.17. The quantitative estimate of drug-likeness (QED) is 0.280. The number of fused-ring (bicyclic) bond motifs is 3. The van der Waals surface area contributed by atoms with Crippen LogP contribution in [0.15, 0.2) is 126 Å². The third-order valence-corrected chi connectivity index (χ3v) is 6.38. The van der Waals surface area contributed by atoms with Crippen LogP contribution in [0.25, 0.3) is 33.1 Å². The van der Waals surface area contributed by atoms with Crippen LogP contribution in [-0.4, -0.2) is 0 Å². The van der Waals surface area contributed by atoms with Gasteiger partial charge < -0.3 is 9.73 Å². The highest BCUT2D eigenvalue weighted by Crippen LogP contribution is 2.38. The monoisotopic (exact) mass is 439 g/mol. The Morgan fingerprint density at radius 2 is 1.18 bits per heavy atom. The van der Waals surface area contributed by atoms with Gasteiger partial charge in [-0.1, -0.05) is 91.0 Å².